The fourth-order valence-corrected chi connectivity index (χ4v) is 2.22. The molecule has 0 aliphatic rings. The quantitative estimate of drug-likeness (QED) is 0.811. The van der Waals surface area contributed by atoms with E-state index in [2.05, 4.69) is 10.3 Å². The Morgan fingerprint density at radius 2 is 2.00 bits per heavy atom. The van der Waals surface area contributed by atoms with Crippen LogP contribution in [0.25, 0.3) is 5.69 Å². The van der Waals surface area contributed by atoms with Gasteiger partial charge in [-0.3, -0.25) is 9.59 Å². The van der Waals surface area contributed by atoms with E-state index in [9.17, 15) is 27.2 Å². The number of hydrogen-bond acceptors (Lipinski definition) is 4. The van der Waals surface area contributed by atoms with Gasteiger partial charge in [-0.25, -0.2) is 9.07 Å². The summed E-state index contributed by atoms with van der Waals surface area (Å²) >= 11 is 0. The van der Waals surface area contributed by atoms with Gasteiger partial charge in [0.2, 0.25) is 0 Å². The maximum atomic E-state index is 13.5. The largest absolute Gasteiger partial charge is 0.481 e. The predicted octanol–water partition coefficient (Wildman–Crippen LogP) is 2.22. The van der Waals surface area contributed by atoms with E-state index >= 15 is 0 Å². The first-order valence-corrected chi connectivity index (χ1v) is 7.29. The highest BCUT2D eigenvalue weighted by molar-refractivity contribution is 5.93. The minimum atomic E-state index is -5.00. The number of halogens is 4. The number of hydrogen-bond donors (Lipinski definition) is 1. The second kappa shape index (κ2) is 7.10. The molecule has 0 aliphatic carbocycles. The summed E-state index contributed by atoms with van der Waals surface area (Å²) in [5.74, 6) is -4.12. The molecular formula is C15H14F4N4O3. The van der Waals surface area contributed by atoms with Gasteiger partial charge < -0.3 is 10.0 Å². The van der Waals surface area contributed by atoms with Crippen molar-refractivity contribution in [2.24, 2.45) is 5.92 Å². The van der Waals surface area contributed by atoms with Crippen molar-refractivity contribution >= 4 is 11.9 Å². The number of carboxylic acids is 1. The number of aliphatic carboxylic acids is 1. The van der Waals surface area contributed by atoms with Crippen molar-refractivity contribution in [3.05, 3.63) is 41.5 Å². The molecule has 1 amide bonds. The highest BCUT2D eigenvalue weighted by atomic mass is 19.4. The minimum absolute atomic E-state index is 0.259. The molecule has 0 aliphatic heterocycles. The lowest BCUT2D eigenvalue weighted by molar-refractivity contribution is -0.144. The highest BCUT2D eigenvalue weighted by Gasteiger charge is 2.42. The maximum absolute atomic E-state index is 13.5. The molecule has 0 radical (unpaired) electrons. The molecule has 26 heavy (non-hydrogen) atoms. The van der Waals surface area contributed by atoms with Crippen molar-refractivity contribution in [3.8, 4) is 5.69 Å². The van der Waals surface area contributed by atoms with Gasteiger partial charge in [-0.05, 0) is 18.2 Å². The highest BCUT2D eigenvalue weighted by Crippen LogP contribution is 2.33. The number of alkyl halides is 3. The molecule has 11 heteroatoms. The zero-order valence-corrected chi connectivity index (χ0v) is 13.7. The van der Waals surface area contributed by atoms with Gasteiger partial charge in [-0.1, -0.05) is 18.2 Å². The van der Waals surface area contributed by atoms with Crippen LogP contribution in [0.2, 0.25) is 0 Å². The number of aromatic nitrogens is 3. The average molecular weight is 374 g/mol. The normalized spacial score (nSPS) is 12.7. The smallest absolute Gasteiger partial charge is 0.435 e. The van der Waals surface area contributed by atoms with Gasteiger partial charge in [0.25, 0.3) is 5.91 Å². The first-order valence-electron chi connectivity index (χ1n) is 7.29. The van der Waals surface area contributed by atoms with Crippen molar-refractivity contribution in [2.45, 2.75) is 13.1 Å². The Morgan fingerprint density at radius 1 is 1.35 bits per heavy atom. The summed E-state index contributed by atoms with van der Waals surface area (Å²) in [6.07, 6.45) is -5.00. The number of carboxylic acid groups (broad SMARTS) is 1. The fourth-order valence-electron chi connectivity index (χ4n) is 2.22. The summed E-state index contributed by atoms with van der Waals surface area (Å²) in [7, 11) is 1.16. The van der Waals surface area contributed by atoms with E-state index in [0.29, 0.717) is 4.68 Å². The number of benzene rings is 1. The van der Waals surface area contributed by atoms with Crippen LogP contribution in [0.15, 0.2) is 24.3 Å². The maximum Gasteiger partial charge on any atom is 0.435 e. The van der Waals surface area contributed by atoms with E-state index in [1.807, 2.05) is 0 Å². The van der Waals surface area contributed by atoms with Crippen LogP contribution < -0.4 is 0 Å². The van der Waals surface area contributed by atoms with E-state index < -0.39 is 41.2 Å². The molecule has 1 heterocycles. The average Bonchev–Trinajstić information content (AvgIpc) is 2.99. The third kappa shape index (κ3) is 3.98. The molecule has 1 atom stereocenters. The standard InChI is InChI=1S/C15H14F4N4O3/c1-8(14(25)26)7-22(2)13(24)11-12(15(17,18)19)23(21-20-11)10-5-3-4-9(16)6-10/h3-6,8H,7H2,1-2H3,(H,25,26). The van der Waals surface area contributed by atoms with Gasteiger partial charge >= 0.3 is 12.1 Å². The summed E-state index contributed by atoms with van der Waals surface area (Å²) in [5.41, 5.74) is -2.73. The van der Waals surface area contributed by atoms with E-state index in [1.54, 1.807) is 0 Å². The Bertz CT molecular complexity index is 835. The third-order valence-corrected chi connectivity index (χ3v) is 3.51. The fraction of sp³-hybridized carbons (Fsp3) is 0.333. The van der Waals surface area contributed by atoms with Crippen LogP contribution in [-0.4, -0.2) is 50.5 Å². The van der Waals surface area contributed by atoms with Crippen LogP contribution in [0.5, 0.6) is 0 Å². The van der Waals surface area contributed by atoms with Gasteiger partial charge in [0.1, 0.15) is 5.82 Å². The molecule has 1 aromatic carbocycles. The molecule has 7 nitrogen and oxygen atoms in total. The summed E-state index contributed by atoms with van der Waals surface area (Å²) < 4.78 is 54.1. The van der Waals surface area contributed by atoms with Crippen LogP contribution in [0.3, 0.4) is 0 Å². The van der Waals surface area contributed by atoms with Gasteiger partial charge in [0.15, 0.2) is 11.4 Å². The Labute approximate surface area is 144 Å². The molecule has 1 N–H and O–H groups in total. The summed E-state index contributed by atoms with van der Waals surface area (Å²) in [6.45, 7) is 0.985. The van der Waals surface area contributed by atoms with Crippen LogP contribution >= 0.6 is 0 Å². The number of amides is 1. The molecule has 0 fully saturated rings. The first-order chi connectivity index (χ1) is 12.0. The predicted molar refractivity (Wildman–Crippen MR) is 80.1 cm³/mol. The molecule has 1 unspecified atom stereocenters. The molecule has 1 aromatic heterocycles. The lowest BCUT2D eigenvalue weighted by Gasteiger charge is -2.19. The zero-order valence-electron chi connectivity index (χ0n) is 13.7. The zero-order chi connectivity index (χ0) is 19.6. The summed E-state index contributed by atoms with van der Waals surface area (Å²) in [6, 6.07) is 4.22. The van der Waals surface area contributed by atoms with Crippen molar-refractivity contribution in [2.75, 3.05) is 13.6 Å². The van der Waals surface area contributed by atoms with Crippen molar-refractivity contribution in [3.63, 3.8) is 0 Å². The van der Waals surface area contributed by atoms with Gasteiger partial charge in [-0.2, -0.15) is 13.2 Å². The SMILES string of the molecule is CC(CN(C)C(=O)c1nnn(-c2cccc(F)c2)c1C(F)(F)F)C(=O)O. The Balaban J connectivity index is 2.47. The molecular weight excluding hydrogens is 360 g/mol. The minimum Gasteiger partial charge on any atom is -0.481 e. The Morgan fingerprint density at radius 3 is 2.54 bits per heavy atom. The monoisotopic (exact) mass is 374 g/mol. The molecule has 2 rings (SSSR count). The van der Waals surface area contributed by atoms with E-state index in [1.165, 1.54) is 19.1 Å². The molecule has 140 valence electrons. The van der Waals surface area contributed by atoms with Crippen LogP contribution in [0, 0.1) is 11.7 Å². The van der Waals surface area contributed by atoms with Gasteiger partial charge in [-0.15, -0.1) is 5.10 Å². The van der Waals surface area contributed by atoms with Crippen LogP contribution in [0.4, 0.5) is 17.6 Å². The molecule has 0 saturated carbocycles. The van der Waals surface area contributed by atoms with E-state index in [0.717, 1.165) is 24.1 Å². The Hall–Kier alpha value is -2.98. The van der Waals surface area contributed by atoms with Crippen molar-refractivity contribution < 1.29 is 32.3 Å². The van der Waals surface area contributed by atoms with Gasteiger partial charge in [0.05, 0.1) is 11.6 Å². The summed E-state index contributed by atoms with van der Waals surface area (Å²) in [5, 5.41) is 15.5. The number of carbonyl (C=O) groups excluding carboxylic acids is 1. The second-order valence-corrected chi connectivity index (χ2v) is 5.60. The van der Waals surface area contributed by atoms with Crippen LogP contribution in [0.1, 0.15) is 23.1 Å². The Kier molecular flexibility index (Phi) is 5.28. The first kappa shape index (κ1) is 19.3. The van der Waals surface area contributed by atoms with Gasteiger partial charge in [0, 0.05) is 13.6 Å². The van der Waals surface area contributed by atoms with Crippen LogP contribution in [-0.2, 0) is 11.0 Å². The lowest BCUT2D eigenvalue weighted by atomic mass is 10.1. The molecule has 0 saturated heterocycles. The lowest BCUT2D eigenvalue weighted by Crippen LogP contribution is -2.35. The van der Waals surface area contributed by atoms with Crippen molar-refractivity contribution in [1.82, 2.24) is 19.9 Å². The molecule has 0 bridgehead atoms. The number of rotatable bonds is 5. The van der Waals surface area contributed by atoms with E-state index in [4.69, 9.17) is 5.11 Å². The number of carbonyl (C=O) groups is 2. The van der Waals surface area contributed by atoms with E-state index in [-0.39, 0.29) is 12.2 Å². The number of nitrogens with zero attached hydrogens (tertiary/aromatic N) is 4. The third-order valence-electron chi connectivity index (χ3n) is 3.51. The topological polar surface area (TPSA) is 88.3 Å². The molecule has 0 spiro atoms. The molecule has 2 aromatic rings. The second-order valence-electron chi connectivity index (χ2n) is 5.60. The van der Waals surface area contributed by atoms with Crippen molar-refractivity contribution in [1.29, 1.82) is 0 Å². The summed E-state index contributed by atoms with van der Waals surface area (Å²) in [4.78, 5) is 24.0.